The van der Waals surface area contributed by atoms with Crippen molar-refractivity contribution in [3.05, 3.63) is 93.8 Å². The number of benzene rings is 3. The second kappa shape index (κ2) is 7.23. The fourth-order valence-corrected chi connectivity index (χ4v) is 4.07. The summed E-state index contributed by atoms with van der Waals surface area (Å²) >= 11 is 5.91. The molecule has 29 heavy (non-hydrogen) atoms. The van der Waals surface area contributed by atoms with Gasteiger partial charge in [-0.15, -0.1) is 0 Å². The van der Waals surface area contributed by atoms with Gasteiger partial charge in [0.2, 0.25) is 5.91 Å². The maximum Gasteiger partial charge on any atom is 0.230 e. The lowest BCUT2D eigenvalue weighted by atomic mass is 9.72. The molecule has 1 amide bonds. The molecule has 0 fully saturated rings. The summed E-state index contributed by atoms with van der Waals surface area (Å²) in [6.45, 7) is 2.12. The molecule has 3 aromatic rings. The lowest BCUT2D eigenvalue weighted by Gasteiger charge is -2.35. The molecule has 1 aliphatic heterocycles. The number of carbonyl (C=O) groups excluding carboxylic acids is 1. The minimum atomic E-state index is -1.02. The predicted molar refractivity (Wildman–Crippen MR) is 106 cm³/mol. The lowest BCUT2D eigenvalue weighted by molar-refractivity contribution is -0.127. The van der Waals surface area contributed by atoms with Crippen LogP contribution in [0.3, 0.4) is 0 Å². The maximum absolute atomic E-state index is 13.7. The van der Waals surface area contributed by atoms with Crippen LogP contribution in [0.1, 0.15) is 23.6 Å². The number of rotatable bonds is 3. The largest absolute Gasteiger partial charge is 0.351 e. The number of fused-ring (bicyclic) bond motifs is 1. The molecule has 0 saturated carbocycles. The second-order valence-electron chi connectivity index (χ2n) is 7.47. The molecule has 1 aliphatic rings. The highest BCUT2D eigenvalue weighted by Crippen LogP contribution is 2.37. The Morgan fingerprint density at radius 2 is 1.62 bits per heavy atom. The first kappa shape index (κ1) is 19.5. The van der Waals surface area contributed by atoms with E-state index in [1.54, 1.807) is 13.0 Å². The van der Waals surface area contributed by atoms with Crippen molar-refractivity contribution in [2.24, 2.45) is 0 Å². The van der Waals surface area contributed by atoms with E-state index >= 15 is 0 Å². The number of carbonyl (C=O) groups is 1. The van der Waals surface area contributed by atoms with Crippen LogP contribution in [0.2, 0.25) is 5.02 Å². The normalized spacial score (nSPS) is 18.3. The average Bonchev–Trinajstić information content (AvgIpc) is 2.66. The predicted octanol–water partition coefficient (Wildman–Crippen LogP) is 5.55. The highest BCUT2D eigenvalue weighted by atomic mass is 35.5. The molecule has 0 saturated heterocycles. The summed E-state index contributed by atoms with van der Waals surface area (Å²) in [5.74, 6) is -2.10. The average molecular weight is 416 g/mol. The number of amides is 1. The Bertz CT molecular complexity index is 1110. The molecule has 0 bridgehead atoms. The first-order valence-corrected chi connectivity index (χ1v) is 9.46. The van der Waals surface area contributed by atoms with E-state index < -0.39 is 22.9 Å². The minimum Gasteiger partial charge on any atom is -0.351 e. The Labute approximate surface area is 171 Å². The summed E-state index contributed by atoms with van der Waals surface area (Å²) in [4.78, 5) is 12.8. The van der Waals surface area contributed by atoms with Gasteiger partial charge in [0.15, 0.2) is 0 Å². The Kier molecular flexibility index (Phi) is 4.87. The molecule has 0 aliphatic carbocycles. The Balaban J connectivity index is 1.81. The number of hydrogen-bond acceptors (Lipinski definition) is 1. The van der Waals surface area contributed by atoms with Crippen molar-refractivity contribution in [2.75, 3.05) is 0 Å². The molecule has 2 nitrogen and oxygen atoms in total. The van der Waals surface area contributed by atoms with E-state index in [1.165, 1.54) is 24.3 Å². The fraction of sp³-hybridized carbons (Fsp3) is 0.174. The smallest absolute Gasteiger partial charge is 0.230 e. The maximum atomic E-state index is 13.7. The molecule has 3 aromatic carbocycles. The van der Waals surface area contributed by atoms with Crippen LogP contribution in [0.15, 0.2) is 54.6 Å². The van der Waals surface area contributed by atoms with Gasteiger partial charge in [-0.05, 0) is 71.5 Å². The molecular weight excluding hydrogens is 399 g/mol. The third-order valence-corrected chi connectivity index (χ3v) is 5.67. The van der Waals surface area contributed by atoms with Crippen LogP contribution in [-0.2, 0) is 23.2 Å². The zero-order chi connectivity index (χ0) is 20.8. The van der Waals surface area contributed by atoms with E-state index in [1.807, 2.05) is 18.2 Å². The summed E-state index contributed by atoms with van der Waals surface area (Å²) in [7, 11) is 0. The lowest BCUT2D eigenvalue weighted by Crippen LogP contribution is -2.48. The molecule has 4 rings (SSSR count). The van der Waals surface area contributed by atoms with Gasteiger partial charge in [-0.1, -0.05) is 29.8 Å². The van der Waals surface area contributed by atoms with Crippen LogP contribution in [0, 0.1) is 17.5 Å². The van der Waals surface area contributed by atoms with Crippen molar-refractivity contribution in [1.29, 1.82) is 0 Å². The van der Waals surface area contributed by atoms with Crippen molar-refractivity contribution in [3.8, 4) is 11.1 Å². The molecule has 1 unspecified atom stereocenters. The van der Waals surface area contributed by atoms with Crippen LogP contribution < -0.4 is 5.32 Å². The summed E-state index contributed by atoms with van der Waals surface area (Å²) in [5, 5.41) is 2.87. The van der Waals surface area contributed by atoms with E-state index in [0.29, 0.717) is 17.7 Å². The third kappa shape index (κ3) is 3.62. The van der Waals surface area contributed by atoms with E-state index in [9.17, 15) is 18.0 Å². The summed E-state index contributed by atoms with van der Waals surface area (Å²) < 4.78 is 40.9. The van der Waals surface area contributed by atoms with Crippen molar-refractivity contribution in [2.45, 2.75) is 25.3 Å². The van der Waals surface area contributed by atoms with Crippen LogP contribution in [0.4, 0.5) is 13.2 Å². The second-order valence-corrected chi connectivity index (χ2v) is 7.88. The molecule has 1 heterocycles. The summed E-state index contributed by atoms with van der Waals surface area (Å²) in [6, 6.07) is 13.3. The van der Waals surface area contributed by atoms with Crippen molar-refractivity contribution < 1.29 is 18.0 Å². The van der Waals surface area contributed by atoms with E-state index in [2.05, 4.69) is 5.32 Å². The molecule has 0 radical (unpaired) electrons. The number of nitrogens with one attached hydrogen (secondary N) is 1. The van der Waals surface area contributed by atoms with Crippen LogP contribution in [-0.4, -0.2) is 5.91 Å². The standard InChI is InChI=1S/C23H17ClF3NO/c1-23(11-13-6-17(25)10-18(26)7-13)19-8-14(2-3-16(19)12-28-22(23)29)15-4-5-21(27)20(24)9-15/h2-10H,11-12H2,1H3,(H,28,29). The molecule has 0 spiro atoms. The Hall–Kier alpha value is -2.79. The van der Waals surface area contributed by atoms with E-state index in [4.69, 9.17) is 11.6 Å². The zero-order valence-electron chi connectivity index (χ0n) is 15.5. The van der Waals surface area contributed by atoms with Gasteiger partial charge in [-0.3, -0.25) is 4.79 Å². The number of hydrogen-bond donors (Lipinski definition) is 1. The molecular formula is C23H17ClF3NO. The zero-order valence-corrected chi connectivity index (χ0v) is 16.3. The topological polar surface area (TPSA) is 29.1 Å². The van der Waals surface area contributed by atoms with Crippen molar-refractivity contribution in [1.82, 2.24) is 5.32 Å². The third-order valence-electron chi connectivity index (χ3n) is 5.38. The molecule has 148 valence electrons. The van der Waals surface area contributed by atoms with Gasteiger partial charge >= 0.3 is 0 Å². The molecule has 1 N–H and O–H groups in total. The highest BCUT2D eigenvalue weighted by Gasteiger charge is 2.40. The van der Waals surface area contributed by atoms with Crippen molar-refractivity contribution >= 4 is 17.5 Å². The minimum absolute atomic E-state index is 0.0101. The van der Waals surface area contributed by atoms with Gasteiger partial charge in [0, 0.05) is 12.6 Å². The van der Waals surface area contributed by atoms with Crippen molar-refractivity contribution in [3.63, 3.8) is 0 Å². The Morgan fingerprint density at radius 1 is 0.966 bits per heavy atom. The van der Waals surface area contributed by atoms with Crippen LogP contribution in [0.5, 0.6) is 0 Å². The molecule has 6 heteroatoms. The number of halogens is 4. The summed E-state index contributed by atoms with van der Waals surface area (Å²) in [6.07, 6.45) is 0.133. The van der Waals surface area contributed by atoms with Gasteiger partial charge in [-0.2, -0.15) is 0 Å². The quantitative estimate of drug-likeness (QED) is 0.596. The fourth-order valence-electron chi connectivity index (χ4n) is 3.89. The van der Waals surface area contributed by atoms with Gasteiger partial charge in [-0.25, -0.2) is 13.2 Å². The van der Waals surface area contributed by atoms with E-state index in [-0.39, 0.29) is 17.4 Å². The van der Waals surface area contributed by atoms with Gasteiger partial charge in [0.05, 0.1) is 10.4 Å². The molecule has 0 aromatic heterocycles. The monoisotopic (exact) mass is 415 g/mol. The van der Waals surface area contributed by atoms with Gasteiger partial charge < -0.3 is 5.32 Å². The SMILES string of the molecule is CC1(Cc2cc(F)cc(F)c2)C(=O)NCc2ccc(-c3ccc(F)c(Cl)c3)cc21. The highest BCUT2D eigenvalue weighted by molar-refractivity contribution is 6.31. The van der Waals surface area contributed by atoms with Gasteiger partial charge in [0.1, 0.15) is 17.5 Å². The van der Waals surface area contributed by atoms with Crippen LogP contribution >= 0.6 is 11.6 Å². The molecule has 1 atom stereocenters. The van der Waals surface area contributed by atoms with Gasteiger partial charge in [0.25, 0.3) is 0 Å². The van der Waals surface area contributed by atoms with E-state index in [0.717, 1.165) is 22.8 Å². The Morgan fingerprint density at radius 3 is 2.31 bits per heavy atom. The first-order valence-electron chi connectivity index (χ1n) is 9.08. The van der Waals surface area contributed by atoms with Crippen LogP contribution in [0.25, 0.3) is 11.1 Å². The summed E-state index contributed by atoms with van der Waals surface area (Å²) in [5.41, 5.74) is 2.54. The first-order chi connectivity index (χ1) is 13.8.